The molecule has 0 aromatic carbocycles. The fraction of sp³-hybridized carbons (Fsp3) is 0.556. The molecule has 4 rings (SSSR count). The molecule has 1 saturated heterocycles. The van der Waals surface area contributed by atoms with Crippen molar-refractivity contribution in [2.45, 2.75) is 39.5 Å². The Hall–Kier alpha value is -1.32. The smallest absolute Gasteiger partial charge is 0.273 e. The van der Waals surface area contributed by atoms with Gasteiger partial charge in [-0.05, 0) is 48.5 Å². The van der Waals surface area contributed by atoms with E-state index in [0.717, 1.165) is 46.8 Å². The Morgan fingerprint density at radius 1 is 1.37 bits per heavy atom. The molecule has 1 spiro atoms. The maximum absolute atomic E-state index is 12.5. The summed E-state index contributed by atoms with van der Waals surface area (Å²) < 4.78 is 0.726. The predicted octanol–water partition coefficient (Wildman–Crippen LogP) is 4.25. The Labute approximate surface area is 174 Å². The second-order valence-corrected chi connectivity index (χ2v) is 10.8. The molecule has 0 bridgehead atoms. The van der Waals surface area contributed by atoms with Gasteiger partial charge < -0.3 is 10.2 Å². The third-order valence-corrected chi connectivity index (χ3v) is 8.15. The molecule has 1 N–H and O–H groups in total. The first kappa shape index (κ1) is 19.0. The van der Waals surface area contributed by atoms with Crippen LogP contribution >= 0.6 is 38.6 Å². The van der Waals surface area contributed by atoms with Crippen LogP contribution in [0.25, 0.3) is 0 Å². The Bertz CT molecular complexity index is 868. The van der Waals surface area contributed by atoms with Crippen LogP contribution in [-0.2, 0) is 4.79 Å². The van der Waals surface area contributed by atoms with E-state index < -0.39 is 0 Å². The van der Waals surface area contributed by atoms with Gasteiger partial charge in [0.1, 0.15) is 5.69 Å². The van der Waals surface area contributed by atoms with Crippen LogP contribution in [0.15, 0.2) is 9.30 Å². The van der Waals surface area contributed by atoms with Gasteiger partial charge in [-0.3, -0.25) is 9.59 Å². The minimum Gasteiger partial charge on any atom is -0.336 e. The highest BCUT2D eigenvalue weighted by atomic mass is 79.9. The van der Waals surface area contributed by atoms with Crippen LogP contribution in [0.4, 0.5) is 5.13 Å². The van der Waals surface area contributed by atoms with E-state index in [4.69, 9.17) is 0 Å². The van der Waals surface area contributed by atoms with Crippen LogP contribution in [0.3, 0.4) is 0 Å². The maximum Gasteiger partial charge on any atom is 0.273 e. The van der Waals surface area contributed by atoms with E-state index in [9.17, 15) is 9.59 Å². The average Bonchev–Trinajstić information content (AvgIpc) is 3.26. The third-order valence-electron chi connectivity index (χ3n) is 5.79. The molecule has 2 aromatic rings. The first-order chi connectivity index (χ1) is 12.9. The van der Waals surface area contributed by atoms with Crippen molar-refractivity contribution in [1.29, 1.82) is 0 Å². The monoisotopic (exact) mass is 468 g/mol. The zero-order valence-electron chi connectivity index (χ0n) is 15.2. The lowest BCUT2D eigenvalue weighted by atomic mass is 9.70. The summed E-state index contributed by atoms with van der Waals surface area (Å²) in [6.07, 6.45) is 3.76. The number of likely N-dealkylation sites (tertiary alicyclic amines) is 1. The van der Waals surface area contributed by atoms with Gasteiger partial charge >= 0.3 is 0 Å². The normalized spacial score (nSPS) is 20.7. The van der Waals surface area contributed by atoms with E-state index in [1.54, 1.807) is 5.38 Å². The largest absolute Gasteiger partial charge is 0.336 e. The van der Waals surface area contributed by atoms with Gasteiger partial charge in [-0.15, -0.1) is 22.7 Å². The van der Waals surface area contributed by atoms with Crippen molar-refractivity contribution < 1.29 is 9.59 Å². The summed E-state index contributed by atoms with van der Waals surface area (Å²) in [5.74, 6) is 0.348. The molecular formula is C18H21BrN4O2S2. The van der Waals surface area contributed by atoms with E-state index >= 15 is 0 Å². The number of amides is 2. The van der Waals surface area contributed by atoms with Crippen LogP contribution in [0.1, 0.15) is 46.7 Å². The third kappa shape index (κ3) is 3.69. The van der Waals surface area contributed by atoms with Crippen LogP contribution in [0, 0.1) is 25.2 Å². The van der Waals surface area contributed by atoms with Gasteiger partial charge in [0.25, 0.3) is 5.91 Å². The number of nitrogens with zero attached hydrogens (tertiary/aromatic N) is 3. The van der Waals surface area contributed by atoms with Crippen molar-refractivity contribution in [2.75, 3.05) is 18.4 Å². The molecule has 3 heterocycles. The maximum atomic E-state index is 12.5. The zero-order valence-corrected chi connectivity index (χ0v) is 18.5. The topological polar surface area (TPSA) is 75.2 Å². The van der Waals surface area contributed by atoms with Crippen molar-refractivity contribution in [2.24, 2.45) is 11.3 Å². The number of aromatic nitrogens is 2. The van der Waals surface area contributed by atoms with Gasteiger partial charge in [0.05, 0.1) is 5.69 Å². The SMILES string of the molecule is Cc1nc(NC(=O)CC2CCCC23CN(C(=O)c2csc(Br)n2)C3)sc1C. The average molecular weight is 469 g/mol. The molecule has 6 nitrogen and oxygen atoms in total. The summed E-state index contributed by atoms with van der Waals surface area (Å²) in [4.78, 5) is 36.7. The summed E-state index contributed by atoms with van der Waals surface area (Å²) in [6, 6.07) is 0. The number of nitrogens with one attached hydrogen (secondary N) is 1. The first-order valence-electron chi connectivity index (χ1n) is 9.00. The lowest BCUT2D eigenvalue weighted by Crippen LogP contribution is -2.60. The summed E-state index contributed by atoms with van der Waals surface area (Å²) in [5, 5.41) is 5.42. The minimum atomic E-state index is -0.00795. The zero-order chi connectivity index (χ0) is 19.2. The van der Waals surface area contributed by atoms with Crippen molar-refractivity contribution in [3.05, 3.63) is 25.6 Å². The van der Waals surface area contributed by atoms with Crippen molar-refractivity contribution >= 4 is 55.5 Å². The standard InChI is InChI=1S/C18H21BrN4O2S2/c1-10-11(2)27-17(20-10)22-14(24)6-12-4-3-5-18(12)8-23(9-18)15(25)13-7-26-16(19)21-13/h7,12H,3-6,8-9H2,1-2H3,(H,20,22,24). The second-order valence-electron chi connectivity index (χ2n) is 7.51. The molecule has 2 aromatic heterocycles. The second kappa shape index (κ2) is 7.25. The fourth-order valence-corrected chi connectivity index (χ4v) is 6.05. The molecule has 1 aliphatic heterocycles. The van der Waals surface area contributed by atoms with Crippen molar-refractivity contribution in [3.63, 3.8) is 0 Å². The highest BCUT2D eigenvalue weighted by Gasteiger charge is 2.53. The Morgan fingerprint density at radius 2 is 2.15 bits per heavy atom. The molecule has 2 amide bonds. The van der Waals surface area contributed by atoms with Gasteiger partial charge in [0, 0.05) is 35.2 Å². The van der Waals surface area contributed by atoms with E-state index in [1.165, 1.54) is 22.7 Å². The summed E-state index contributed by atoms with van der Waals surface area (Å²) >= 11 is 6.25. The number of carbonyl (C=O) groups excluding carboxylic acids is 2. The van der Waals surface area contributed by atoms with Gasteiger partial charge in [0.15, 0.2) is 9.05 Å². The highest BCUT2D eigenvalue weighted by molar-refractivity contribution is 9.11. The van der Waals surface area contributed by atoms with Crippen LogP contribution in [0.5, 0.6) is 0 Å². The van der Waals surface area contributed by atoms with Crippen LogP contribution in [-0.4, -0.2) is 39.8 Å². The number of carbonyl (C=O) groups is 2. The molecule has 27 heavy (non-hydrogen) atoms. The number of hydrogen-bond donors (Lipinski definition) is 1. The van der Waals surface area contributed by atoms with Gasteiger partial charge in [-0.25, -0.2) is 9.97 Å². The summed E-state index contributed by atoms with van der Waals surface area (Å²) in [7, 11) is 0. The van der Waals surface area contributed by atoms with Crippen LogP contribution in [0.2, 0.25) is 0 Å². The Kier molecular flexibility index (Phi) is 5.11. The van der Waals surface area contributed by atoms with E-state index in [0.29, 0.717) is 23.2 Å². The lowest BCUT2D eigenvalue weighted by Gasteiger charge is -2.51. The van der Waals surface area contributed by atoms with E-state index in [-0.39, 0.29) is 17.2 Å². The number of anilines is 1. The summed E-state index contributed by atoms with van der Waals surface area (Å²) in [6.45, 7) is 5.42. The number of hydrogen-bond acceptors (Lipinski definition) is 6. The van der Waals surface area contributed by atoms with Gasteiger partial charge in [0.2, 0.25) is 5.91 Å². The molecular weight excluding hydrogens is 448 g/mol. The lowest BCUT2D eigenvalue weighted by molar-refractivity contribution is -0.119. The number of aryl methyl sites for hydroxylation is 2. The quantitative estimate of drug-likeness (QED) is 0.727. The number of rotatable bonds is 4. The van der Waals surface area contributed by atoms with Crippen LogP contribution < -0.4 is 5.32 Å². The van der Waals surface area contributed by atoms with E-state index in [2.05, 4.69) is 31.2 Å². The molecule has 2 fully saturated rings. The molecule has 144 valence electrons. The molecule has 1 unspecified atom stereocenters. The fourth-order valence-electron chi connectivity index (χ4n) is 4.24. The van der Waals surface area contributed by atoms with Gasteiger partial charge in [-0.1, -0.05) is 6.42 Å². The number of thiazole rings is 2. The van der Waals surface area contributed by atoms with Crippen molar-refractivity contribution in [1.82, 2.24) is 14.9 Å². The highest BCUT2D eigenvalue weighted by Crippen LogP contribution is 2.51. The van der Waals surface area contributed by atoms with Crippen molar-refractivity contribution in [3.8, 4) is 0 Å². The molecule has 1 aliphatic carbocycles. The Morgan fingerprint density at radius 3 is 2.78 bits per heavy atom. The molecule has 1 saturated carbocycles. The van der Waals surface area contributed by atoms with E-state index in [1.807, 2.05) is 18.7 Å². The predicted molar refractivity (Wildman–Crippen MR) is 110 cm³/mol. The first-order valence-corrected chi connectivity index (χ1v) is 11.5. The molecule has 2 aliphatic rings. The minimum absolute atomic E-state index is 0.00795. The Balaban J connectivity index is 1.35. The molecule has 0 radical (unpaired) electrons. The van der Waals surface area contributed by atoms with Gasteiger partial charge in [-0.2, -0.15) is 0 Å². The molecule has 1 atom stereocenters. The summed E-state index contributed by atoms with van der Waals surface area (Å²) in [5.41, 5.74) is 1.56. The number of halogens is 1. The molecule has 9 heteroatoms.